The fourth-order valence-corrected chi connectivity index (χ4v) is 2.66. The number of piperazine rings is 1. The Morgan fingerprint density at radius 1 is 1.32 bits per heavy atom. The summed E-state index contributed by atoms with van der Waals surface area (Å²) in [6, 6.07) is 9.70. The van der Waals surface area contributed by atoms with Crippen molar-refractivity contribution in [3.63, 3.8) is 0 Å². The number of aryl methyl sites for hydroxylation is 1. The third-order valence-corrected chi connectivity index (χ3v) is 3.83. The molecule has 0 bridgehead atoms. The molecule has 3 rings (SSSR count). The van der Waals surface area contributed by atoms with Gasteiger partial charge in [0.1, 0.15) is 6.54 Å². The van der Waals surface area contributed by atoms with Crippen molar-refractivity contribution in [3.05, 3.63) is 54.6 Å². The highest BCUT2D eigenvalue weighted by Gasteiger charge is 2.30. The summed E-state index contributed by atoms with van der Waals surface area (Å²) in [7, 11) is 0. The average molecular weight is 298 g/mol. The molecule has 6 nitrogen and oxygen atoms in total. The highest BCUT2D eigenvalue weighted by atomic mass is 16.2. The van der Waals surface area contributed by atoms with Gasteiger partial charge in [-0.3, -0.25) is 9.59 Å². The number of amides is 2. The third kappa shape index (κ3) is 3.16. The van der Waals surface area contributed by atoms with E-state index in [1.54, 1.807) is 17.4 Å². The van der Waals surface area contributed by atoms with Crippen molar-refractivity contribution in [2.24, 2.45) is 0 Å². The molecule has 0 spiro atoms. The van der Waals surface area contributed by atoms with Gasteiger partial charge in [0.25, 0.3) is 0 Å². The Morgan fingerprint density at radius 2 is 2.14 bits per heavy atom. The summed E-state index contributed by atoms with van der Waals surface area (Å²) in [4.78, 5) is 29.8. The predicted molar refractivity (Wildman–Crippen MR) is 80.7 cm³/mol. The summed E-state index contributed by atoms with van der Waals surface area (Å²) in [5.74, 6) is -0.124. The van der Waals surface area contributed by atoms with Crippen molar-refractivity contribution >= 4 is 11.8 Å². The van der Waals surface area contributed by atoms with E-state index in [0.717, 1.165) is 5.56 Å². The van der Waals surface area contributed by atoms with Crippen LogP contribution in [0.3, 0.4) is 0 Å². The van der Waals surface area contributed by atoms with E-state index in [1.165, 1.54) is 0 Å². The first-order valence-corrected chi connectivity index (χ1v) is 7.31. The van der Waals surface area contributed by atoms with E-state index >= 15 is 0 Å². The van der Waals surface area contributed by atoms with Gasteiger partial charge in [-0.1, -0.05) is 30.3 Å². The van der Waals surface area contributed by atoms with Crippen molar-refractivity contribution in [1.29, 1.82) is 0 Å². The number of nitrogens with one attached hydrogen (secondary N) is 1. The molecule has 1 saturated heterocycles. The van der Waals surface area contributed by atoms with Crippen molar-refractivity contribution in [2.45, 2.75) is 19.0 Å². The van der Waals surface area contributed by atoms with Crippen LogP contribution in [0, 0.1) is 0 Å². The summed E-state index contributed by atoms with van der Waals surface area (Å²) in [5, 5.41) is 2.84. The third-order valence-electron chi connectivity index (χ3n) is 3.83. The average Bonchev–Trinajstić information content (AvgIpc) is 3.07. The molecule has 0 radical (unpaired) electrons. The number of hydrogen-bond donors (Lipinski definition) is 1. The normalized spacial score (nSPS) is 18.1. The predicted octanol–water partition coefficient (Wildman–Crippen LogP) is 0.973. The van der Waals surface area contributed by atoms with Crippen molar-refractivity contribution in [1.82, 2.24) is 19.8 Å². The van der Waals surface area contributed by atoms with Crippen LogP contribution >= 0.6 is 0 Å². The van der Waals surface area contributed by atoms with Crippen LogP contribution in [0.1, 0.15) is 18.0 Å². The molecule has 1 aliphatic heterocycles. The van der Waals surface area contributed by atoms with Crippen LogP contribution < -0.4 is 5.32 Å². The maximum absolute atomic E-state index is 12.5. The zero-order chi connectivity index (χ0) is 15.4. The number of hydrogen-bond acceptors (Lipinski definition) is 3. The number of imidazole rings is 1. The van der Waals surface area contributed by atoms with Gasteiger partial charge in [-0.2, -0.15) is 0 Å². The maximum Gasteiger partial charge on any atom is 0.239 e. The summed E-state index contributed by atoms with van der Waals surface area (Å²) in [5.41, 5.74) is 1.04. The van der Waals surface area contributed by atoms with Crippen LogP contribution in [0.25, 0.3) is 0 Å². The lowest BCUT2D eigenvalue weighted by molar-refractivity contribution is -0.141. The number of benzene rings is 1. The molecule has 2 heterocycles. The Morgan fingerprint density at radius 3 is 2.86 bits per heavy atom. The van der Waals surface area contributed by atoms with E-state index in [9.17, 15) is 9.59 Å². The molecule has 2 amide bonds. The van der Waals surface area contributed by atoms with Crippen LogP contribution in [0.2, 0.25) is 0 Å². The van der Waals surface area contributed by atoms with Gasteiger partial charge in [0, 0.05) is 31.9 Å². The number of carbonyl (C=O) groups is 2. The highest BCUT2D eigenvalue weighted by Crippen LogP contribution is 2.23. The van der Waals surface area contributed by atoms with Crippen molar-refractivity contribution < 1.29 is 9.59 Å². The lowest BCUT2D eigenvalue weighted by Gasteiger charge is -2.36. The topological polar surface area (TPSA) is 67.2 Å². The fourth-order valence-electron chi connectivity index (χ4n) is 2.66. The van der Waals surface area contributed by atoms with E-state index < -0.39 is 0 Å². The molecular formula is C16H18N4O2. The van der Waals surface area contributed by atoms with Gasteiger partial charge in [0.05, 0.1) is 12.4 Å². The second-order valence-corrected chi connectivity index (χ2v) is 5.30. The van der Waals surface area contributed by atoms with Crippen LogP contribution in [-0.2, 0) is 16.1 Å². The molecule has 1 aromatic heterocycles. The van der Waals surface area contributed by atoms with E-state index in [0.29, 0.717) is 19.5 Å². The minimum Gasteiger partial charge on any atom is -0.352 e. The Hall–Kier alpha value is -2.63. The Labute approximate surface area is 128 Å². The number of carbonyl (C=O) groups excluding carboxylic acids is 2. The molecule has 0 saturated carbocycles. The van der Waals surface area contributed by atoms with Gasteiger partial charge >= 0.3 is 0 Å². The van der Waals surface area contributed by atoms with Crippen LogP contribution in [-0.4, -0.2) is 39.4 Å². The first-order valence-electron chi connectivity index (χ1n) is 7.31. The van der Waals surface area contributed by atoms with Crippen molar-refractivity contribution in [3.8, 4) is 0 Å². The van der Waals surface area contributed by atoms with Gasteiger partial charge < -0.3 is 14.8 Å². The largest absolute Gasteiger partial charge is 0.352 e. The molecule has 1 aromatic carbocycles. The summed E-state index contributed by atoms with van der Waals surface area (Å²) >= 11 is 0. The molecule has 1 aliphatic rings. The first-order chi connectivity index (χ1) is 10.7. The smallest absolute Gasteiger partial charge is 0.239 e. The summed E-state index contributed by atoms with van der Waals surface area (Å²) in [6.07, 6.45) is 5.55. The number of nitrogens with zero attached hydrogens (tertiary/aromatic N) is 3. The number of aromatic nitrogens is 2. The molecule has 1 fully saturated rings. The van der Waals surface area contributed by atoms with E-state index in [2.05, 4.69) is 10.3 Å². The second-order valence-electron chi connectivity index (χ2n) is 5.30. The summed E-state index contributed by atoms with van der Waals surface area (Å²) < 4.78 is 1.86. The van der Waals surface area contributed by atoms with E-state index in [-0.39, 0.29) is 24.4 Å². The molecular weight excluding hydrogens is 280 g/mol. The second kappa shape index (κ2) is 6.43. The molecule has 1 unspecified atom stereocenters. The number of rotatable bonds is 4. The Kier molecular flexibility index (Phi) is 4.18. The SMILES string of the molecule is O=C1CN(C(=O)CCn2ccnc2)C(c2ccccc2)CN1. The van der Waals surface area contributed by atoms with E-state index in [1.807, 2.05) is 41.1 Å². The fraction of sp³-hybridized carbons (Fsp3) is 0.312. The minimum atomic E-state index is -0.108. The maximum atomic E-state index is 12.5. The highest BCUT2D eigenvalue weighted by molar-refractivity contribution is 5.86. The zero-order valence-corrected chi connectivity index (χ0v) is 12.2. The van der Waals surface area contributed by atoms with Crippen LogP contribution in [0.15, 0.2) is 49.1 Å². The van der Waals surface area contributed by atoms with Gasteiger partial charge in [0.2, 0.25) is 11.8 Å². The van der Waals surface area contributed by atoms with Crippen LogP contribution in [0.5, 0.6) is 0 Å². The van der Waals surface area contributed by atoms with Gasteiger partial charge in [-0.05, 0) is 5.56 Å². The standard InChI is InChI=1S/C16H18N4O2/c21-15-11-20(16(22)6-8-19-9-7-17-12-19)14(10-18-15)13-4-2-1-3-5-13/h1-5,7,9,12,14H,6,8,10-11H2,(H,18,21). The minimum absolute atomic E-state index is 0.0163. The van der Waals surface area contributed by atoms with E-state index in [4.69, 9.17) is 0 Å². The Balaban J connectivity index is 1.72. The monoisotopic (exact) mass is 298 g/mol. The zero-order valence-electron chi connectivity index (χ0n) is 12.2. The molecule has 22 heavy (non-hydrogen) atoms. The summed E-state index contributed by atoms with van der Waals surface area (Å²) in [6.45, 7) is 1.14. The lowest BCUT2D eigenvalue weighted by atomic mass is 10.0. The molecule has 1 atom stereocenters. The molecule has 2 aromatic rings. The van der Waals surface area contributed by atoms with Crippen molar-refractivity contribution in [2.75, 3.05) is 13.1 Å². The molecule has 0 aliphatic carbocycles. The first kappa shape index (κ1) is 14.3. The van der Waals surface area contributed by atoms with Gasteiger partial charge in [-0.25, -0.2) is 4.98 Å². The lowest BCUT2D eigenvalue weighted by Crippen LogP contribution is -2.52. The van der Waals surface area contributed by atoms with Gasteiger partial charge in [0.15, 0.2) is 0 Å². The van der Waals surface area contributed by atoms with Crippen LogP contribution in [0.4, 0.5) is 0 Å². The quantitative estimate of drug-likeness (QED) is 0.914. The molecule has 114 valence electrons. The molecule has 1 N–H and O–H groups in total. The van der Waals surface area contributed by atoms with Gasteiger partial charge in [-0.15, -0.1) is 0 Å². The molecule has 6 heteroatoms. The Bertz CT molecular complexity index is 639.